The Morgan fingerprint density at radius 2 is 2.18 bits per heavy atom. The Balaban J connectivity index is 2.12. The molecule has 2 rings (SSSR count). The lowest BCUT2D eigenvalue weighted by atomic mass is 9.92. The van der Waals surface area contributed by atoms with E-state index in [0.717, 1.165) is 19.3 Å². The Labute approximate surface area is 100 Å². The lowest BCUT2D eigenvalue weighted by molar-refractivity contribution is 0.0691. The standard InChI is InChI=1S/C12H17N3O2/c1-12(2)4-3-8(7-12)15-10-9(11(16)17)13-5-6-14-10/h5-6,8H,3-4,7H2,1-2H3,(H,14,15)(H,16,17). The third-order valence-electron chi connectivity index (χ3n) is 3.21. The van der Waals surface area contributed by atoms with Crippen LogP contribution in [-0.2, 0) is 0 Å². The molecule has 1 saturated carbocycles. The van der Waals surface area contributed by atoms with Gasteiger partial charge in [0.15, 0.2) is 11.5 Å². The summed E-state index contributed by atoms with van der Waals surface area (Å²) in [6.07, 6.45) is 6.13. The minimum Gasteiger partial charge on any atom is -0.476 e. The highest BCUT2D eigenvalue weighted by molar-refractivity contribution is 5.90. The van der Waals surface area contributed by atoms with E-state index in [-0.39, 0.29) is 5.69 Å². The summed E-state index contributed by atoms with van der Waals surface area (Å²) in [5, 5.41) is 12.2. The molecule has 0 amide bonds. The molecule has 0 bridgehead atoms. The van der Waals surface area contributed by atoms with Crippen molar-refractivity contribution in [3.05, 3.63) is 18.1 Å². The van der Waals surface area contributed by atoms with E-state index in [2.05, 4.69) is 29.1 Å². The first-order chi connectivity index (χ1) is 7.98. The van der Waals surface area contributed by atoms with E-state index in [1.165, 1.54) is 12.4 Å². The van der Waals surface area contributed by atoms with Crippen molar-refractivity contribution in [3.63, 3.8) is 0 Å². The number of rotatable bonds is 3. The molecule has 0 spiro atoms. The summed E-state index contributed by atoms with van der Waals surface area (Å²) < 4.78 is 0. The smallest absolute Gasteiger partial charge is 0.358 e. The van der Waals surface area contributed by atoms with Crippen LogP contribution < -0.4 is 5.32 Å². The zero-order chi connectivity index (χ0) is 12.5. The van der Waals surface area contributed by atoms with E-state index >= 15 is 0 Å². The number of hydrogen-bond donors (Lipinski definition) is 2. The molecule has 1 fully saturated rings. The van der Waals surface area contributed by atoms with Gasteiger partial charge in [-0.25, -0.2) is 14.8 Å². The van der Waals surface area contributed by atoms with Crippen LogP contribution in [0.4, 0.5) is 5.82 Å². The lowest BCUT2D eigenvalue weighted by Crippen LogP contribution is -2.20. The molecule has 0 saturated heterocycles. The average molecular weight is 235 g/mol. The third-order valence-corrected chi connectivity index (χ3v) is 3.21. The predicted molar refractivity (Wildman–Crippen MR) is 64.0 cm³/mol. The highest BCUT2D eigenvalue weighted by Gasteiger charge is 2.31. The first-order valence-corrected chi connectivity index (χ1v) is 5.79. The summed E-state index contributed by atoms with van der Waals surface area (Å²) in [6.45, 7) is 4.45. The molecular formula is C12H17N3O2. The maximum Gasteiger partial charge on any atom is 0.358 e. The number of carboxylic acids is 1. The molecule has 0 radical (unpaired) electrons. The van der Waals surface area contributed by atoms with Crippen molar-refractivity contribution in [1.29, 1.82) is 0 Å². The SMILES string of the molecule is CC1(C)CCC(Nc2nccnc2C(=O)O)C1. The van der Waals surface area contributed by atoms with E-state index in [1.807, 2.05) is 0 Å². The second-order valence-corrected chi connectivity index (χ2v) is 5.31. The molecule has 1 aromatic rings. The van der Waals surface area contributed by atoms with Crippen LogP contribution in [0.1, 0.15) is 43.6 Å². The maximum atomic E-state index is 11.0. The van der Waals surface area contributed by atoms with Gasteiger partial charge in [-0.05, 0) is 24.7 Å². The number of nitrogens with zero attached hydrogens (tertiary/aromatic N) is 2. The first-order valence-electron chi connectivity index (χ1n) is 5.79. The van der Waals surface area contributed by atoms with E-state index in [0.29, 0.717) is 17.3 Å². The Morgan fingerprint density at radius 1 is 1.47 bits per heavy atom. The van der Waals surface area contributed by atoms with Crippen LogP contribution in [0, 0.1) is 5.41 Å². The Kier molecular flexibility index (Phi) is 3.00. The van der Waals surface area contributed by atoms with Gasteiger partial charge in [-0.2, -0.15) is 0 Å². The van der Waals surface area contributed by atoms with Crippen LogP contribution in [0.2, 0.25) is 0 Å². The quantitative estimate of drug-likeness (QED) is 0.839. The molecule has 1 unspecified atom stereocenters. The fourth-order valence-electron chi connectivity index (χ4n) is 2.35. The molecule has 0 aromatic carbocycles. The topological polar surface area (TPSA) is 75.1 Å². The number of hydrogen-bond acceptors (Lipinski definition) is 4. The van der Waals surface area contributed by atoms with Gasteiger partial charge in [0.25, 0.3) is 0 Å². The van der Waals surface area contributed by atoms with E-state index in [1.54, 1.807) is 0 Å². The second-order valence-electron chi connectivity index (χ2n) is 5.31. The van der Waals surface area contributed by atoms with Crippen molar-refractivity contribution in [2.75, 3.05) is 5.32 Å². The second kappa shape index (κ2) is 4.31. The van der Waals surface area contributed by atoms with Crippen molar-refractivity contribution in [2.24, 2.45) is 5.41 Å². The predicted octanol–water partition coefficient (Wildman–Crippen LogP) is 2.17. The van der Waals surface area contributed by atoms with Crippen molar-refractivity contribution >= 4 is 11.8 Å². The summed E-state index contributed by atoms with van der Waals surface area (Å²) in [6, 6.07) is 0.291. The lowest BCUT2D eigenvalue weighted by Gasteiger charge is -2.18. The molecule has 92 valence electrons. The fourth-order valence-corrected chi connectivity index (χ4v) is 2.35. The minimum absolute atomic E-state index is 0.00259. The summed E-state index contributed by atoms with van der Waals surface area (Å²) in [4.78, 5) is 18.9. The van der Waals surface area contributed by atoms with Crippen molar-refractivity contribution < 1.29 is 9.90 Å². The molecule has 1 aliphatic rings. The fraction of sp³-hybridized carbons (Fsp3) is 0.583. The van der Waals surface area contributed by atoms with Crippen LogP contribution in [0.25, 0.3) is 0 Å². The zero-order valence-corrected chi connectivity index (χ0v) is 10.1. The number of carbonyl (C=O) groups is 1. The van der Waals surface area contributed by atoms with Gasteiger partial charge in [0.1, 0.15) is 0 Å². The number of carboxylic acid groups (broad SMARTS) is 1. The molecule has 2 N–H and O–H groups in total. The monoisotopic (exact) mass is 235 g/mol. The molecule has 5 nitrogen and oxygen atoms in total. The van der Waals surface area contributed by atoms with Gasteiger partial charge >= 0.3 is 5.97 Å². The van der Waals surface area contributed by atoms with Gasteiger partial charge in [-0.3, -0.25) is 0 Å². The highest BCUT2D eigenvalue weighted by Crippen LogP contribution is 2.38. The van der Waals surface area contributed by atoms with E-state index in [9.17, 15) is 4.79 Å². The largest absolute Gasteiger partial charge is 0.476 e. The Hall–Kier alpha value is -1.65. The van der Waals surface area contributed by atoms with E-state index in [4.69, 9.17) is 5.11 Å². The molecule has 1 heterocycles. The summed E-state index contributed by atoms with van der Waals surface area (Å²) in [5.41, 5.74) is 0.320. The molecule has 1 aliphatic carbocycles. The Bertz CT molecular complexity index is 432. The molecule has 5 heteroatoms. The third kappa shape index (κ3) is 2.72. The normalized spacial score (nSPS) is 22.4. The van der Waals surface area contributed by atoms with Crippen molar-refractivity contribution in [3.8, 4) is 0 Å². The number of anilines is 1. The summed E-state index contributed by atoms with van der Waals surface area (Å²) in [5.74, 6) is -0.666. The van der Waals surface area contributed by atoms with Gasteiger partial charge in [0.2, 0.25) is 0 Å². The number of aromatic nitrogens is 2. The molecule has 0 aliphatic heterocycles. The number of aromatic carboxylic acids is 1. The van der Waals surface area contributed by atoms with Crippen LogP contribution in [-0.4, -0.2) is 27.1 Å². The summed E-state index contributed by atoms with van der Waals surface area (Å²) >= 11 is 0. The first kappa shape index (κ1) is 11.8. The molecular weight excluding hydrogens is 218 g/mol. The highest BCUT2D eigenvalue weighted by atomic mass is 16.4. The molecule has 17 heavy (non-hydrogen) atoms. The van der Waals surface area contributed by atoms with Crippen molar-refractivity contribution in [2.45, 2.75) is 39.2 Å². The van der Waals surface area contributed by atoms with Crippen LogP contribution in [0.15, 0.2) is 12.4 Å². The van der Waals surface area contributed by atoms with Crippen molar-refractivity contribution in [1.82, 2.24) is 9.97 Å². The summed E-state index contributed by atoms with van der Waals surface area (Å²) in [7, 11) is 0. The zero-order valence-electron chi connectivity index (χ0n) is 10.1. The minimum atomic E-state index is -1.04. The number of nitrogens with one attached hydrogen (secondary N) is 1. The van der Waals surface area contributed by atoms with Gasteiger partial charge in [-0.15, -0.1) is 0 Å². The van der Waals surface area contributed by atoms with Crippen LogP contribution >= 0.6 is 0 Å². The molecule has 1 atom stereocenters. The van der Waals surface area contributed by atoms with Crippen LogP contribution in [0.5, 0.6) is 0 Å². The van der Waals surface area contributed by atoms with E-state index < -0.39 is 5.97 Å². The Morgan fingerprint density at radius 3 is 2.76 bits per heavy atom. The van der Waals surface area contributed by atoms with Gasteiger partial charge in [-0.1, -0.05) is 13.8 Å². The van der Waals surface area contributed by atoms with Gasteiger partial charge in [0.05, 0.1) is 0 Å². The average Bonchev–Trinajstić information content (AvgIpc) is 2.58. The maximum absolute atomic E-state index is 11.0. The van der Waals surface area contributed by atoms with Crippen LogP contribution in [0.3, 0.4) is 0 Å². The van der Waals surface area contributed by atoms with Gasteiger partial charge < -0.3 is 10.4 Å². The van der Waals surface area contributed by atoms with Gasteiger partial charge in [0, 0.05) is 18.4 Å². The molecule has 1 aromatic heterocycles.